The van der Waals surface area contributed by atoms with Crippen LogP contribution in [0, 0.1) is 17.6 Å². The van der Waals surface area contributed by atoms with Crippen LogP contribution in [0.4, 0.5) is 8.78 Å². The number of benzene rings is 1. The second-order valence-corrected chi connectivity index (χ2v) is 6.01. The molecule has 0 bridgehead atoms. The topological polar surface area (TPSA) is 37.8 Å². The minimum atomic E-state index is -0.606. The molecule has 1 aromatic heterocycles. The SMILES string of the molecule is CC(C)CNCCc1nnc(-c2c(F)cccc2F)s1. The van der Waals surface area contributed by atoms with E-state index in [1.165, 1.54) is 29.5 Å². The Morgan fingerprint density at radius 3 is 2.55 bits per heavy atom. The molecule has 0 saturated heterocycles. The fourth-order valence-corrected chi connectivity index (χ4v) is 2.63. The van der Waals surface area contributed by atoms with Gasteiger partial charge in [0.1, 0.15) is 16.6 Å². The third kappa shape index (κ3) is 3.80. The van der Waals surface area contributed by atoms with E-state index in [-0.39, 0.29) is 5.56 Å². The molecule has 108 valence electrons. The Hall–Kier alpha value is -1.40. The van der Waals surface area contributed by atoms with E-state index in [9.17, 15) is 8.78 Å². The summed E-state index contributed by atoms with van der Waals surface area (Å²) in [5, 5.41) is 12.2. The molecular formula is C14H17F2N3S. The Balaban J connectivity index is 2.02. The number of hydrogen-bond acceptors (Lipinski definition) is 4. The normalized spacial score (nSPS) is 11.2. The van der Waals surface area contributed by atoms with Crippen molar-refractivity contribution in [3.05, 3.63) is 34.8 Å². The van der Waals surface area contributed by atoms with E-state index in [0.717, 1.165) is 18.1 Å². The van der Waals surface area contributed by atoms with Gasteiger partial charge in [-0.2, -0.15) is 0 Å². The first kappa shape index (κ1) is 15.0. The average molecular weight is 297 g/mol. The summed E-state index contributed by atoms with van der Waals surface area (Å²) in [5.41, 5.74) is -0.0913. The van der Waals surface area contributed by atoms with Crippen molar-refractivity contribution in [3.8, 4) is 10.6 Å². The summed E-state index contributed by atoms with van der Waals surface area (Å²) in [7, 11) is 0. The highest BCUT2D eigenvalue weighted by molar-refractivity contribution is 7.14. The second-order valence-electron chi connectivity index (χ2n) is 4.95. The molecule has 0 aliphatic carbocycles. The molecule has 2 aromatic rings. The Bertz CT molecular complexity index is 549. The van der Waals surface area contributed by atoms with Crippen LogP contribution in [0.15, 0.2) is 18.2 Å². The zero-order valence-electron chi connectivity index (χ0n) is 11.5. The summed E-state index contributed by atoms with van der Waals surface area (Å²) >= 11 is 1.23. The van der Waals surface area contributed by atoms with Gasteiger partial charge in [0.15, 0.2) is 5.01 Å². The van der Waals surface area contributed by atoms with Gasteiger partial charge in [-0.3, -0.25) is 0 Å². The molecule has 20 heavy (non-hydrogen) atoms. The van der Waals surface area contributed by atoms with E-state index in [1.807, 2.05) is 0 Å². The molecule has 0 fully saturated rings. The van der Waals surface area contributed by atoms with Gasteiger partial charge in [0.25, 0.3) is 0 Å². The van der Waals surface area contributed by atoms with Crippen LogP contribution < -0.4 is 5.32 Å². The van der Waals surface area contributed by atoms with Crippen LogP contribution in [0.25, 0.3) is 10.6 Å². The van der Waals surface area contributed by atoms with Crippen LogP contribution in [0.5, 0.6) is 0 Å². The van der Waals surface area contributed by atoms with E-state index in [4.69, 9.17) is 0 Å². The molecule has 3 nitrogen and oxygen atoms in total. The van der Waals surface area contributed by atoms with Crippen LogP contribution in [-0.2, 0) is 6.42 Å². The molecule has 0 amide bonds. The number of nitrogens with zero attached hydrogens (tertiary/aromatic N) is 2. The molecule has 0 radical (unpaired) electrons. The number of hydrogen-bond donors (Lipinski definition) is 1. The molecule has 2 rings (SSSR count). The van der Waals surface area contributed by atoms with Crippen molar-refractivity contribution in [2.75, 3.05) is 13.1 Å². The monoisotopic (exact) mass is 297 g/mol. The van der Waals surface area contributed by atoms with Gasteiger partial charge < -0.3 is 5.32 Å². The highest BCUT2D eigenvalue weighted by Gasteiger charge is 2.15. The standard InChI is InChI=1S/C14H17F2N3S/c1-9(2)8-17-7-6-12-18-19-14(20-12)13-10(15)4-3-5-11(13)16/h3-5,9,17H,6-8H2,1-2H3. The van der Waals surface area contributed by atoms with Gasteiger partial charge in [0.2, 0.25) is 0 Å². The van der Waals surface area contributed by atoms with Crippen LogP contribution in [0.3, 0.4) is 0 Å². The highest BCUT2D eigenvalue weighted by atomic mass is 32.1. The molecule has 6 heteroatoms. The van der Waals surface area contributed by atoms with Crippen LogP contribution in [-0.4, -0.2) is 23.3 Å². The zero-order valence-corrected chi connectivity index (χ0v) is 12.3. The van der Waals surface area contributed by atoms with Gasteiger partial charge in [-0.1, -0.05) is 31.3 Å². The number of halogens is 2. The Labute approximate surface area is 121 Å². The summed E-state index contributed by atoms with van der Waals surface area (Å²) < 4.78 is 27.3. The lowest BCUT2D eigenvalue weighted by Crippen LogP contribution is -2.22. The molecule has 0 spiro atoms. The van der Waals surface area contributed by atoms with Crippen LogP contribution in [0.2, 0.25) is 0 Å². The van der Waals surface area contributed by atoms with Crippen LogP contribution in [0.1, 0.15) is 18.9 Å². The summed E-state index contributed by atoms with van der Waals surface area (Å²) in [6, 6.07) is 3.79. The van der Waals surface area contributed by atoms with E-state index in [1.54, 1.807) is 0 Å². The van der Waals surface area contributed by atoms with Gasteiger partial charge >= 0.3 is 0 Å². The Morgan fingerprint density at radius 1 is 1.20 bits per heavy atom. The maximum absolute atomic E-state index is 13.6. The predicted molar refractivity (Wildman–Crippen MR) is 76.7 cm³/mol. The van der Waals surface area contributed by atoms with Crippen molar-refractivity contribution in [2.24, 2.45) is 5.92 Å². The van der Waals surface area contributed by atoms with E-state index >= 15 is 0 Å². The van der Waals surface area contributed by atoms with Crippen molar-refractivity contribution in [1.82, 2.24) is 15.5 Å². The molecule has 0 aliphatic heterocycles. The van der Waals surface area contributed by atoms with Gasteiger partial charge in [-0.15, -0.1) is 10.2 Å². The maximum Gasteiger partial charge on any atom is 0.153 e. The fourth-order valence-electron chi connectivity index (χ4n) is 1.74. The maximum atomic E-state index is 13.6. The third-order valence-corrected chi connectivity index (χ3v) is 3.71. The third-order valence-electron chi connectivity index (χ3n) is 2.71. The summed E-state index contributed by atoms with van der Waals surface area (Å²) in [6.45, 7) is 5.99. The van der Waals surface area contributed by atoms with Crippen molar-refractivity contribution in [3.63, 3.8) is 0 Å². The van der Waals surface area contributed by atoms with Crippen molar-refractivity contribution >= 4 is 11.3 Å². The molecule has 1 heterocycles. The lowest BCUT2D eigenvalue weighted by atomic mass is 10.2. The first-order valence-corrected chi connectivity index (χ1v) is 7.37. The quantitative estimate of drug-likeness (QED) is 0.832. The molecular weight excluding hydrogens is 280 g/mol. The van der Waals surface area contributed by atoms with Crippen molar-refractivity contribution in [1.29, 1.82) is 0 Å². The lowest BCUT2D eigenvalue weighted by Gasteiger charge is -2.05. The minimum Gasteiger partial charge on any atom is -0.316 e. The Kier molecular flexibility index (Phi) is 5.14. The molecule has 0 saturated carbocycles. The van der Waals surface area contributed by atoms with E-state index < -0.39 is 11.6 Å². The van der Waals surface area contributed by atoms with Gasteiger partial charge in [-0.25, -0.2) is 8.78 Å². The predicted octanol–water partition coefficient (Wildman–Crippen LogP) is 3.27. The van der Waals surface area contributed by atoms with Gasteiger partial charge in [0.05, 0.1) is 5.56 Å². The summed E-state index contributed by atoms with van der Waals surface area (Å²) in [6.07, 6.45) is 0.709. The van der Waals surface area contributed by atoms with Crippen molar-refractivity contribution in [2.45, 2.75) is 20.3 Å². The van der Waals surface area contributed by atoms with Crippen LogP contribution >= 0.6 is 11.3 Å². The molecule has 0 aliphatic rings. The number of rotatable bonds is 6. The van der Waals surface area contributed by atoms with Gasteiger partial charge in [-0.05, 0) is 24.6 Å². The van der Waals surface area contributed by atoms with Crippen molar-refractivity contribution < 1.29 is 8.78 Å². The van der Waals surface area contributed by atoms with E-state index in [2.05, 4.69) is 29.4 Å². The molecule has 0 unspecified atom stereocenters. The minimum absolute atomic E-state index is 0.0913. The van der Waals surface area contributed by atoms with E-state index in [0.29, 0.717) is 17.3 Å². The fraction of sp³-hybridized carbons (Fsp3) is 0.429. The molecule has 0 atom stereocenters. The summed E-state index contributed by atoms with van der Waals surface area (Å²) in [4.78, 5) is 0. The average Bonchev–Trinajstić information content (AvgIpc) is 2.83. The zero-order chi connectivity index (χ0) is 14.5. The molecule has 1 N–H and O–H groups in total. The second kappa shape index (κ2) is 6.85. The molecule has 1 aromatic carbocycles. The smallest absolute Gasteiger partial charge is 0.153 e. The lowest BCUT2D eigenvalue weighted by molar-refractivity contribution is 0.553. The summed E-state index contributed by atoms with van der Waals surface area (Å²) in [5.74, 6) is -0.622. The highest BCUT2D eigenvalue weighted by Crippen LogP contribution is 2.28. The van der Waals surface area contributed by atoms with Gasteiger partial charge in [0, 0.05) is 13.0 Å². The first-order valence-electron chi connectivity index (χ1n) is 6.55. The first-order chi connectivity index (χ1) is 9.58. The number of aromatic nitrogens is 2. The number of nitrogens with one attached hydrogen (secondary N) is 1. The largest absolute Gasteiger partial charge is 0.316 e. The Morgan fingerprint density at radius 2 is 1.90 bits per heavy atom.